The number of hydrogen-bond acceptors (Lipinski definition) is 4. The van der Waals surface area contributed by atoms with Crippen molar-refractivity contribution in [3.63, 3.8) is 0 Å². The molecule has 0 radical (unpaired) electrons. The monoisotopic (exact) mass is 462 g/mol. The molecule has 3 aromatic carbocycles. The Morgan fingerprint density at radius 1 is 0.857 bits per heavy atom. The number of hydrogen-bond donors (Lipinski definition) is 1. The molecule has 0 unspecified atom stereocenters. The second-order valence-electron chi connectivity index (χ2n) is 8.36. The van der Waals surface area contributed by atoms with Gasteiger partial charge in [-0.3, -0.25) is 4.79 Å². The Kier molecular flexibility index (Phi) is 6.26. The first-order valence-corrected chi connectivity index (χ1v) is 11.6. The smallest absolute Gasteiger partial charge is 0.224 e. The fourth-order valence-electron chi connectivity index (χ4n) is 4.11. The summed E-state index contributed by atoms with van der Waals surface area (Å²) in [5.74, 6) is 1.14. The summed E-state index contributed by atoms with van der Waals surface area (Å²) < 4.78 is 8.00. The second kappa shape index (κ2) is 9.81. The van der Waals surface area contributed by atoms with Crippen molar-refractivity contribution in [1.29, 1.82) is 0 Å². The SMILES string of the molecule is Cc1nn(-c2ccccc2)c(C)c1NC(=O)CCc1nc(-c2ccccc2)c(-c2ccccc2)o1. The molecule has 2 aromatic heterocycles. The Morgan fingerprint density at radius 2 is 1.46 bits per heavy atom. The molecule has 35 heavy (non-hydrogen) atoms. The molecular weight excluding hydrogens is 436 g/mol. The van der Waals surface area contributed by atoms with E-state index in [1.807, 2.05) is 110 Å². The van der Waals surface area contributed by atoms with Crippen LogP contribution >= 0.6 is 0 Å². The zero-order chi connectivity index (χ0) is 24.2. The molecule has 0 aliphatic carbocycles. The van der Waals surface area contributed by atoms with Gasteiger partial charge in [0.05, 0.1) is 22.8 Å². The molecule has 2 heterocycles. The van der Waals surface area contributed by atoms with Gasteiger partial charge in [0.2, 0.25) is 5.91 Å². The molecule has 0 bridgehead atoms. The standard InChI is InChI=1S/C29H26N4O2/c1-20-27(21(2)33(32-20)24-16-10-5-11-17-24)30-25(34)18-19-26-31-28(22-12-6-3-7-13-22)29(35-26)23-14-8-4-9-15-23/h3-17H,18-19H2,1-2H3,(H,30,34). The normalized spacial score (nSPS) is 10.9. The van der Waals surface area contributed by atoms with Crippen LogP contribution < -0.4 is 5.32 Å². The molecule has 1 N–H and O–H groups in total. The summed E-state index contributed by atoms with van der Waals surface area (Å²) in [6.45, 7) is 3.85. The molecule has 6 heteroatoms. The molecule has 174 valence electrons. The maximum atomic E-state index is 12.9. The summed E-state index contributed by atoms with van der Waals surface area (Å²) in [5.41, 5.74) is 6.06. The molecule has 6 nitrogen and oxygen atoms in total. The van der Waals surface area contributed by atoms with Gasteiger partial charge in [-0.25, -0.2) is 9.67 Å². The summed E-state index contributed by atoms with van der Waals surface area (Å²) in [6, 6.07) is 29.7. The number of aryl methyl sites for hydroxylation is 2. The first-order chi connectivity index (χ1) is 17.1. The third kappa shape index (κ3) is 4.77. The van der Waals surface area contributed by atoms with Crippen molar-refractivity contribution in [1.82, 2.24) is 14.8 Å². The van der Waals surface area contributed by atoms with Crippen LogP contribution in [0.25, 0.3) is 28.3 Å². The number of amides is 1. The minimum Gasteiger partial charge on any atom is -0.440 e. The maximum Gasteiger partial charge on any atom is 0.224 e. The van der Waals surface area contributed by atoms with Crippen LogP contribution in [0.1, 0.15) is 23.7 Å². The Morgan fingerprint density at radius 3 is 2.11 bits per heavy atom. The highest BCUT2D eigenvalue weighted by Gasteiger charge is 2.19. The fourth-order valence-corrected chi connectivity index (χ4v) is 4.11. The van der Waals surface area contributed by atoms with Gasteiger partial charge in [0.1, 0.15) is 5.69 Å². The number of carbonyl (C=O) groups is 1. The molecule has 0 saturated heterocycles. The molecule has 1 amide bonds. The first kappa shape index (κ1) is 22.3. The molecule has 5 rings (SSSR count). The lowest BCUT2D eigenvalue weighted by molar-refractivity contribution is -0.116. The summed E-state index contributed by atoms with van der Waals surface area (Å²) >= 11 is 0. The number of aromatic nitrogens is 3. The Labute approximate surface area is 204 Å². The molecule has 0 spiro atoms. The third-order valence-electron chi connectivity index (χ3n) is 5.88. The van der Waals surface area contributed by atoms with Gasteiger partial charge in [-0.05, 0) is 26.0 Å². The van der Waals surface area contributed by atoms with Crippen molar-refractivity contribution in [2.24, 2.45) is 0 Å². The van der Waals surface area contributed by atoms with E-state index in [2.05, 4.69) is 10.4 Å². The Balaban J connectivity index is 1.34. The molecule has 0 aliphatic heterocycles. The van der Waals surface area contributed by atoms with Crippen LogP contribution in [0.2, 0.25) is 0 Å². The van der Waals surface area contributed by atoms with E-state index in [0.29, 0.717) is 18.1 Å². The van der Waals surface area contributed by atoms with Gasteiger partial charge in [0, 0.05) is 24.0 Å². The van der Waals surface area contributed by atoms with Gasteiger partial charge in [-0.2, -0.15) is 5.10 Å². The van der Waals surface area contributed by atoms with E-state index < -0.39 is 0 Å². The molecule has 0 atom stereocenters. The lowest BCUT2D eigenvalue weighted by Gasteiger charge is -2.06. The second-order valence-corrected chi connectivity index (χ2v) is 8.36. The van der Waals surface area contributed by atoms with Crippen LogP contribution in [0.5, 0.6) is 0 Å². The van der Waals surface area contributed by atoms with Crippen LogP contribution in [0, 0.1) is 13.8 Å². The van der Waals surface area contributed by atoms with Crippen molar-refractivity contribution in [2.45, 2.75) is 26.7 Å². The Hall–Kier alpha value is -4.45. The lowest BCUT2D eigenvalue weighted by Crippen LogP contribution is -2.13. The Bertz CT molecular complexity index is 1380. The predicted octanol–water partition coefficient (Wildman–Crippen LogP) is 6.38. The van der Waals surface area contributed by atoms with Gasteiger partial charge in [-0.1, -0.05) is 78.9 Å². The summed E-state index contributed by atoms with van der Waals surface area (Å²) in [5, 5.41) is 7.64. The molecule has 5 aromatic rings. The number of benzene rings is 3. The van der Waals surface area contributed by atoms with Gasteiger partial charge in [0.25, 0.3) is 0 Å². The minimum absolute atomic E-state index is 0.107. The van der Waals surface area contributed by atoms with Crippen molar-refractivity contribution in [3.05, 3.63) is 108 Å². The van der Waals surface area contributed by atoms with Crippen LogP contribution in [0.15, 0.2) is 95.4 Å². The average Bonchev–Trinajstić information content (AvgIpc) is 3.46. The lowest BCUT2D eigenvalue weighted by atomic mass is 10.1. The van der Waals surface area contributed by atoms with Crippen molar-refractivity contribution in [2.75, 3.05) is 5.32 Å². The van der Waals surface area contributed by atoms with Crippen molar-refractivity contribution in [3.8, 4) is 28.3 Å². The fraction of sp³-hybridized carbons (Fsp3) is 0.138. The topological polar surface area (TPSA) is 73.0 Å². The zero-order valence-corrected chi connectivity index (χ0v) is 19.7. The maximum absolute atomic E-state index is 12.9. The number of rotatable bonds is 7. The summed E-state index contributed by atoms with van der Waals surface area (Å²) in [4.78, 5) is 17.6. The van der Waals surface area contributed by atoms with Crippen LogP contribution in [0.3, 0.4) is 0 Å². The molecular formula is C29H26N4O2. The zero-order valence-electron chi connectivity index (χ0n) is 19.7. The van der Waals surface area contributed by atoms with Gasteiger partial charge < -0.3 is 9.73 Å². The predicted molar refractivity (Wildman–Crippen MR) is 137 cm³/mol. The highest BCUT2D eigenvalue weighted by molar-refractivity contribution is 5.92. The van der Waals surface area contributed by atoms with Crippen LogP contribution in [-0.2, 0) is 11.2 Å². The van der Waals surface area contributed by atoms with Crippen molar-refractivity contribution >= 4 is 11.6 Å². The number of nitrogens with zero attached hydrogens (tertiary/aromatic N) is 3. The number of carbonyl (C=O) groups excluding carboxylic acids is 1. The first-order valence-electron chi connectivity index (χ1n) is 11.6. The van der Waals surface area contributed by atoms with Gasteiger partial charge in [-0.15, -0.1) is 0 Å². The van der Waals surface area contributed by atoms with E-state index in [1.165, 1.54) is 0 Å². The molecule has 0 aliphatic rings. The van der Waals surface area contributed by atoms with Crippen molar-refractivity contribution < 1.29 is 9.21 Å². The number of anilines is 1. The van der Waals surface area contributed by atoms with E-state index in [-0.39, 0.29) is 12.3 Å². The molecule has 0 saturated carbocycles. The van der Waals surface area contributed by atoms with Gasteiger partial charge in [0.15, 0.2) is 11.7 Å². The van der Waals surface area contributed by atoms with Crippen LogP contribution in [0.4, 0.5) is 5.69 Å². The third-order valence-corrected chi connectivity index (χ3v) is 5.88. The van der Waals surface area contributed by atoms with E-state index >= 15 is 0 Å². The van der Waals surface area contributed by atoms with E-state index in [9.17, 15) is 4.79 Å². The summed E-state index contributed by atoms with van der Waals surface area (Å²) in [7, 11) is 0. The van der Waals surface area contributed by atoms with E-state index in [4.69, 9.17) is 9.40 Å². The average molecular weight is 463 g/mol. The number of para-hydroxylation sites is 1. The largest absolute Gasteiger partial charge is 0.440 e. The highest BCUT2D eigenvalue weighted by atomic mass is 16.4. The van der Waals surface area contributed by atoms with Gasteiger partial charge >= 0.3 is 0 Å². The number of oxazole rings is 1. The number of nitrogens with one attached hydrogen (secondary N) is 1. The highest BCUT2D eigenvalue weighted by Crippen LogP contribution is 2.33. The van der Waals surface area contributed by atoms with Crippen LogP contribution in [-0.4, -0.2) is 20.7 Å². The quantitative estimate of drug-likeness (QED) is 0.304. The minimum atomic E-state index is -0.107. The molecule has 0 fully saturated rings. The summed E-state index contributed by atoms with van der Waals surface area (Å²) in [6.07, 6.45) is 0.641. The van der Waals surface area contributed by atoms with E-state index in [1.54, 1.807) is 0 Å². The van der Waals surface area contributed by atoms with E-state index in [0.717, 1.165) is 39.6 Å².